The van der Waals surface area contributed by atoms with E-state index in [0.717, 1.165) is 11.3 Å². The summed E-state index contributed by atoms with van der Waals surface area (Å²) in [5.74, 6) is 2.37. The average molecular weight is 257 g/mol. The molecule has 1 aromatic carbocycles. The second kappa shape index (κ2) is 5.57. The molecule has 1 saturated heterocycles. The van der Waals surface area contributed by atoms with E-state index < -0.39 is 0 Å². The number of ether oxygens (including phenoxy) is 1. The first kappa shape index (κ1) is 13.2. The molecule has 1 heterocycles. The van der Waals surface area contributed by atoms with Crippen molar-refractivity contribution in [3.05, 3.63) is 29.8 Å². The van der Waals surface area contributed by atoms with Crippen LogP contribution in [0.4, 0.5) is 5.69 Å². The summed E-state index contributed by atoms with van der Waals surface area (Å²) in [6, 6.07) is 7.30. The first-order valence-electron chi connectivity index (χ1n) is 6.06. The maximum Gasteiger partial charge on any atom is 0.309 e. The lowest BCUT2D eigenvalue weighted by molar-refractivity contribution is -0.139. The zero-order valence-electron chi connectivity index (χ0n) is 10.8. The Labute approximate surface area is 112 Å². The van der Waals surface area contributed by atoms with Crippen molar-refractivity contribution < 1.29 is 14.3 Å². The van der Waals surface area contributed by atoms with Crippen LogP contribution in [0.2, 0.25) is 0 Å². The van der Waals surface area contributed by atoms with Crippen LogP contribution in [-0.4, -0.2) is 25.5 Å². The lowest BCUT2D eigenvalue weighted by Gasteiger charge is -2.16. The molecule has 0 aliphatic carbocycles. The molecule has 4 nitrogen and oxygen atoms in total. The van der Waals surface area contributed by atoms with Crippen LogP contribution in [0.25, 0.3) is 0 Å². The van der Waals surface area contributed by atoms with E-state index in [1.54, 1.807) is 4.90 Å². The first-order chi connectivity index (χ1) is 9.13. The number of benzene rings is 1. The van der Waals surface area contributed by atoms with E-state index in [1.165, 1.54) is 7.11 Å². The molecule has 2 rings (SSSR count). The molecule has 1 atom stereocenters. The van der Waals surface area contributed by atoms with Crippen LogP contribution in [0, 0.1) is 18.3 Å². The number of methoxy groups -OCH3 is 1. The summed E-state index contributed by atoms with van der Waals surface area (Å²) in [6.07, 6.45) is 5.99. The predicted octanol–water partition coefficient (Wildman–Crippen LogP) is 1.39. The molecule has 1 amide bonds. The Morgan fingerprint density at radius 1 is 1.47 bits per heavy atom. The number of carbonyl (C=O) groups excluding carboxylic acids is 2. The Morgan fingerprint density at radius 3 is 2.68 bits per heavy atom. The number of hydrogen-bond donors (Lipinski definition) is 0. The van der Waals surface area contributed by atoms with Gasteiger partial charge in [0, 0.05) is 24.6 Å². The molecule has 0 radical (unpaired) electrons. The number of rotatable bonds is 3. The van der Waals surface area contributed by atoms with E-state index in [1.807, 2.05) is 24.3 Å². The van der Waals surface area contributed by atoms with Crippen molar-refractivity contribution in [1.29, 1.82) is 0 Å². The monoisotopic (exact) mass is 257 g/mol. The van der Waals surface area contributed by atoms with Crippen molar-refractivity contribution in [2.75, 3.05) is 18.6 Å². The number of carbonyl (C=O) groups is 2. The molecule has 1 fully saturated rings. The van der Waals surface area contributed by atoms with Gasteiger partial charge in [-0.25, -0.2) is 0 Å². The van der Waals surface area contributed by atoms with Gasteiger partial charge in [-0.1, -0.05) is 12.1 Å². The van der Waals surface area contributed by atoms with Gasteiger partial charge in [0.25, 0.3) is 0 Å². The van der Waals surface area contributed by atoms with Gasteiger partial charge < -0.3 is 9.64 Å². The summed E-state index contributed by atoms with van der Waals surface area (Å²) in [7, 11) is 1.36. The quantitative estimate of drug-likeness (QED) is 0.607. The Hall–Kier alpha value is -2.28. The van der Waals surface area contributed by atoms with Gasteiger partial charge in [0.1, 0.15) is 0 Å². The fourth-order valence-corrected chi connectivity index (χ4v) is 2.10. The maximum atomic E-state index is 11.8. The molecule has 1 aliphatic rings. The lowest BCUT2D eigenvalue weighted by Crippen LogP contribution is -2.24. The Morgan fingerprint density at radius 2 is 2.16 bits per heavy atom. The van der Waals surface area contributed by atoms with E-state index in [2.05, 4.69) is 10.7 Å². The second-order valence-electron chi connectivity index (χ2n) is 4.49. The minimum Gasteiger partial charge on any atom is -0.469 e. The Balaban J connectivity index is 2.09. The molecule has 98 valence electrons. The minimum absolute atomic E-state index is 0.0118. The second-order valence-corrected chi connectivity index (χ2v) is 4.49. The molecule has 1 aromatic rings. The molecular weight excluding hydrogens is 242 g/mol. The zero-order valence-corrected chi connectivity index (χ0v) is 10.8. The van der Waals surface area contributed by atoms with Crippen LogP contribution in [0.5, 0.6) is 0 Å². The van der Waals surface area contributed by atoms with Crippen LogP contribution in [0.3, 0.4) is 0 Å². The Kier molecular flexibility index (Phi) is 3.86. The third kappa shape index (κ3) is 2.94. The highest BCUT2D eigenvalue weighted by atomic mass is 16.5. The summed E-state index contributed by atoms with van der Waals surface area (Å²) in [5, 5.41) is 0. The highest BCUT2D eigenvalue weighted by molar-refractivity contribution is 5.96. The van der Waals surface area contributed by atoms with Crippen molar-refractivity contribution in [1.82, 2.24) is 0 Å². The van der Waals surface area contributed by atoms with E-state index in [4.69, 9.17) is 6.42 Å². The summed E-state index contributed by atoms with van der Waals surface area (Å²) in [6.45, 7) is 0.561. The molecule has 0 N–H and O–H groups in total. The molecule has 19 heavy (non-hydrogen) atoms. The van der Waals surface area contributed by atoms with Crippen LogP contribution in [-0.2, 0) is 20.7 Å². The molecule has 4 heteroatoms. The third-order valence-corrected chi connectivity index (χ3v) is 3.18. The van der Waals surface area contributed by atoms with Crippen LogP contribution in [0.1, 0.15) is 12.0 Å². The smallest absolute Gasteiger partial charge is 0.309 e. The fourth-order valence-electron chi connectivity index (χ4n) is 2.10. The van der Waals surface area contributed by atoms with Crippen LogP contribution < -0.4 is 4.90 Å². The van der Waals surface area contributed by atoms with Crippen molar-refractivity contribution in [3.8, 4) is 12.3 Å². The SMILES string of the molecule is C#CC1CC(=O)N(c2ccc(CC(=O)OC)cc2)C1. The number of esters is 1. The summed E-state index contributed by atoms with van der Waals surface area (Å²) in [4.78, 5) is 24.6. The van der Waals surface area contributed by atoms with Gasteiger partial charge >= 0.3 is 5.97 Å². The summed E-state index contributed by atoms with van der Waals surface area (Å²) in [5.41, 5.74) is 1.67. The van der Waals surface area contributed by atoms with Gasteiger partial charge in [0.05, 0.1) is 13.5 Å². The molecular formula is C15H15NO3. The number of amides is 1. The van der Waals surface area contributed by atoms with Gasteiger partial charge in [-0.3, -0.25) is 9.59 Å². The Bertz CT molecular complexity index is 527. The molecule has 0 aromatic heterocycles. The van der Waals surface area contributed by atoms with Crippen LogP contribution >= 0.6 is 0 Å². The molecule has 0 saturated carbocycles. The number of anilines is 1. The maximum absolute atomic E-state index is 11.8. The van der Waals surface area contributed by atoms with Crippen molar-refractivity contribution in [2.45, 2.75) is 12.8 Å². The highest BCUT2D eigenvalue weighted by Crippen LogP contribution is 2.24. The van der Waals surface area contributed by atoms with Gasteiger partial charge in [-0.15, -0.1) is 12.3 Å². The molecule has 0 spiro atoms. The first-order valence-corrected chi connectivity index (χ1v) is 6.06. The van der Waals surface area contributed by atoms with Gasteiger partial charge in [0.2, 0.25) is 5.91 Å². The largest absolute Gasteiger partial charge is 0.469 e. The lowest BCUT2D eigenvalue weighted by atomic mass is 10.1. The van der Waals surface area contributed by atoms with Crippen LogP contribution in [0.15, 0.2) is 24.3 Å². The average Bonchev–Trinajstić information content (AvgIpc) is 2.81. The van der Waals surface area contributed by atoms with E-state index in [-0.39, 0.29) is 24.2 Å². The third-order valence-electron chi connectivity index (χ3n) is 3.18. The van der Waals surface area contributed by atoms with Gasteiger partial charge in [-0.05, 0) is 17.7 Å². The standard InChI is InChI=1S/C15H15NO3/c1-3-11-8-14(17)16(10-11)13-6-4-12(5-7-13)9-15(18)19-2/h1,4-7,11H,8-10H2,2H3. The van der Waals surface area contributed by atoms with E-state index >= 15 is 0 Å². The van der Waals surface area contributed by atoms with Crippen molar-refractivity contribution in [3.63, 3.8) is 0 Å². The molecule has 1 unspecified atom stereocenters. The summed E-state index contributed by atoms with van der Waals surface area (Å²) < 4.78 is 4.60. The van der Waals surface area contributed by atoms with Crippen molar-refractivity contribution >= 4 is 17.6 Å². The molecule has 1 aliphatic heterocycles. The minimum atomic E-state index is -0.280. The molecule has 0 bridgehead atoms. The van der Waals surface area contributed by atoms with E-state index in [0.29, 0.717) is 13.0 Å². The van der Waals surface area contributed by atoms with Gasteiger partial charge in [0.15, 0.2) is 0 Å². The predicted molar refractivity (Wildman–Crippen MR) is 71.5 cm³/mol. The number of terminal acetylenes is 1. The van der Waals surface area contributed by atoms with Gasteiger partial charge in [-0.2, -0.15) is 0 Å². The topological polar surface area (TPSA) is 46.6 Å². The van der Waals surface area contributed by atoms with E-state index in [9.17, 15) is 9.59 Å². The normalized spacial score (nSPS) is 18.2. The van der Waals surface area contributed by atoms with Crippen molar-refractivity contribution in [2.24, 2.45) is 5.92 Å². The fraction of sp³-hybridized carbons (Fsp3) is 0.333. The summed E-state index contributed by atoms with van der Waals surface area (Å²) >= 11 is 0. The number of nitrogens with zero attached hydrogens (tertiary/aromatic N) is 1. The number of hydrogen-bond acceptors (Lipinski definition) is 3. The zero-order chi connectivity index (χ0) is 13.8. The highest BCUT2D eigenvalue weighted by Gasteiger charge is 2.29.